The summed E-state index contributed by atoms with van der Waals surface area (Å²) in [4.78, 5) is 13.1. The topological polar surface area (TPSA) is 71.5 Å². The third kappa shape index (κ3) is 1.78. The average Bonchev–Trinajstić information content (AvgIpc) is 2.82. The summed E-state index contributed by atoms with van der Waals surface area (Å²) in [5.41, 5.74) is 6.64. The Morgan fingerprint density at radius 1 is 1.62 bits per heavy atom. The smallest absolute Gasteiger partial charge is 0.326 e. The number of nitrogens with two attached hydrogens (primary N) is 1. The number of aromatic nitrogens is 1. The van der Waals surface area contributed by atoms with Crippen molar-refractivity contribution in [3.05, 3.63) is 18.5 Å². The van der Waals surface area contributed by atoms with Gasteiger partial charge in [0, 0.05) is 32.0 Å². The molecule has 0 radical (unpaired) electrons. The van der Waals surface area contributed by atoms with Crippen LogP contribution in [-0.2, 0) is 11.8 Å². The van der Waals surface area contributed by atoms with E-state index in [1.165, 1.54) is 0 Å². The van der Waals surface area contributed by atoms with Crippen molar-refractivity contribution in [1.29, 1.82) is 0 Å². The lowest BCUT2D eigenvalue weighted by atomic mass is 10.2. The molecule has 1 aromatic rings. The minimum atomic E-state index is -0.764. The molecule has 0 spiro atoms. The van der Waals surface area contributed by atoms with Gasteiger partial charge >= 0.3 is 5.97 Å². The first kappa shape index (κ1) is 11.0. The third-order valence-electron chi connectivity index (χ3n) is 3.17. The van der Waals surface area contributed by atoms with Gasteiger partial charge in [-0.1, -0.05) is 0 Å². The van der Waals surface area contributed by atoms with Gasteiger partial charge in [0.25, 0.3) is 0 Å². The molecule has 0 aromatic carbocycles. The minimum Gasteiger partial charge on any atom is -0.480 e. The normalized spacial score (nSPS) is 25.0. The maximum atomic E-state index is 11.2. The lowest BCUT2D eigenvalue weighted by Gasteiger charge is -2.28. The molecule has 0 amide bonds. The Balaban J connectivity index is 2.29. The van der Waals surface area contributed by atoms with E-state index in [1.807, 2.05) is 35.0 Å². The van der Waals surface area contributed by atoms with Gasteiger partial charge in [0.05, 0.1) is 5.69 Å². The summed E-state index contributed by atoms with van der Waals surface area (Å²) in [5.74, 6) is -0.764. The van der Waals surface area contributed by atoms with Gasteiger partial charge in [-0.15, -0.1) is 0 Å². The highest BCUT2D eigenvalue weighted by Gasteiger charge is 2.37. The predicted molar refractivity (Wildman–Crippen MR) is 61.4 cm³/mol. The number of nitrogens with zero attached hydrogens (tertiary/aromatic N) is 2. The molecule has 5 nitrogen and oxygen atoms in total. The Bertz CT molecular complexity index is 388. The van der Waals surface area contributed by atoms with Crippen molar-refractivity contribution in [3.63, 3.8) is 0 Å². The molecule has 16 heavy (non-hydrogen) atoms. The number of carboxylic acids is 1. The quantitative estimate of drug-likeness (QED) is 0.778. The molecule has 0 bridgehead atoms. The van der Waals surface area contributed by atoms with Crippen molar-refractivity contribution in [1.82, 2.24) is 4.57 Å². The van der Waals surface area contributed by atoms with Crippen LogP contribution in [-0.4, -0.2) is 34.3 Å². The van der Waals surface area contributed by atoms with Crippen molar-refractivity contribution in [2.75, 3.05) is 11.4 Å². The van der Waals surface area contributed by atoms with Crippen LogP contribution in [0.5, 0.6) is 0 Å². The lowest BCUT2D eigenvalue weighted by Crippen LogP contribution is -2.43. The van der Waals surface area contributed by atoms with E-state index in [2.05, 4.69) is 0 Å². The molecule has 2 rings (SSSR count). The van der Waals surface area contributed by atoms with E-state index in [1.54, 1.807) is 0 Å². The molecular formula is C11H17N3O2. The second-order valence-corrected chi connectivity index (χ2v) is 4.26. The number of carboxylic acid groups (broad SMARTS) is 1. The van der Waals surface area contributed by atoms with E-state index in [0.717, 1.165) is 12.1 Å². The Labute approximate surface area is 94.5 Å². The number of aryl methyl sites for hydroxylation is 1. The molecular weight excluding hydrogens is 206 g/mol. The van der Waals surface area contributed by atoms with E-state index in [-0.39, 0.29) is 6.04 Å². The molecule has 2 heterocycles. The first-order chi connectivity index (χ1) is 7.63. The molecule has 0 aliphatic carbocycles. The van der Waals surface area contributed by atoms with Gasteiger partial charge < -0.3 is 20.3 Å². The predicted octanol–water partition coefficient (Wildman–Crippen LogP) is 0.406. The average molecular weight is 223 g/mol. The van der Waals surface area contributed by atoms with Gasteiger partial charge in [0.2, 0.25) is 0 Å². The summed E-state index contributed by atoms with van der Waals surface area (Å²) in [6.45, 7) is 0.499. The van der Waals surface area contributed by atoms with Crippen LogP contribution in [0.15, 0.2) is 18.5 Å². The van der Waals surface area contributed by atoms with Gasteiger partial charge in [0.15, 0.2) is 0 Å². The third-order valence-corrected chi connectivity index (χ3v) is 3.17. The van der Waals surface area contributed by atoms with Crippen LogP contribution < -0.4 is 10.6 Å². The fraction of sp³-hybridized carbons (Fsp3) is 0.545. The van der Waals surface area contributed by atoms with Crippen LogP contribution in [0, 0.1) is 0 Å². The van der Waals surface area contributed by atoms with Gasteiger partial charge in [-0.3, -0.25) is 0 Å². The zero-order valence-corrected chi connectivity index (χ0v) is 9.34. The minimum absolute atomic E-state index is 0.142. The lowest BCUT2D eigenvalue weighted by molar-refractivity contribution is -0.138. The Morgan fingerprint density at radius 2 is 2.38 bits per heavy atom. The van der Waals surface area contributed by atoms with Crippen LogP contribution in [0.25, 0.3) is 0 Å². The number of hydrogen-bond acceptors (Lipinski definition) is 3. The summed E-state index contributed by atoms with van der Waals surface area (Å²) in [7, 11) is 1.92. The number of anilines is 1. The van der Waals surface area contributed by atoms with Crippen molar-refractivity contribution in [3.8, 4) is 0 Å². The summed E-state index contributed by atoms with van der Waals surface area (Å²) < 4.78 is 1.92. The SMILES string of the molecule is Cn1ccc(N2[C@@H](CN)CC[C@@H]2C(=O)O)c1. The molecule has 88 valence electrons. The summed E-state index contributed by atoms with van der Waals surface area (Å²) in [5, 5.41) is 9.18. The fourth-order valence-electron chi connectivity index (χ4n) is 2.39. The summed E-state index contributed by atoms with van der Waals surface area (Å²) in [6.07, 6.45) is 5.37. The van der Waals surface area contributed by atoms with E-state index in [0.29, 0.717) is 13.0 Å². The van der Waals surface area contributed by atoms with Crippen LogP contribution in [0.2, 0.25) is 0 Å². The van der Waals surface area contributed by atoms with Gasteiger partial charge in [-0.2, -0.15) is 0 Å². The molecule has 1 aromatic heterocycles. The Kier molecular flexibility index (Phi) is 2.87. The second kappa shape index (κ2) is 4.17. The molecule has 1 aliphatic heterocycles. The number of rotatable bonds is 3. The zero-order chi connectivity index (χ0) is 11.7. The second-order valence-electron chi connectivity index (χ2n) is 4.26. The van der Waals surface area contributed by atoms with Crippen LogP contribution in [0.1, 0.15) is 12.8 Å². The maximum absolute atomic E-state index is 11.2. The van der Waals surface area contributed by atoms with Crippen molar-refractivity contribution in [2.45, 2.75) is 24.9 Å². The number of carbonyl (C=O) groups is 1. The van der Waals surface area contributed by atoms with Crippen molar-refractivity contribution >= 4 is 11.7 Å². The van der Waals surface area contributed by atoms with E-state index in [4.69, 9.17) is 5.73 Å². The van der Waals surface area contributed by atoms with Crippen LogP contribution in [0.3, 0.4) is 0 Å². The molecule has 3 N–H and O–H groups in total. The fourth-order valence-corrected chi connectivity index (χ4v) is 2.39. The van der Waals surface area contributed by atoms with Crippen LogP contribution in [0.4, 0.5) is 5.69 Å². The highest BCUT2D eigenvalue weighted by Crippen LogP contribution is 2.30. The van der Waals surface area contributed by atoms with Gasteiger partial charge in [-0.05, 0) is 18.9 Å². The maximum Gasteiger partial charge on any atom is 0.326 e. The van der Waals surface area contributed by atoms with E-state index >= 15 is 0 Å². The molecule has 5 heteroatoms. The summed E-state index contributed by atoms with van der Waals surface area (Å²) >= 11 is 0. The Morgan fingerprint density at radius 3 is 2.88 bits per heavy atom. The van der Waals surface area contributed by atoms with Crippen molar-refractivity contribution in [2.24, 2.45) is 12.8 Å². The molecule has 0 saturated carbocycles. The molecule has 2 atom stereocenters. The molecule has 1 saturated heterocycles. The number of hydrogen-bond donors (Lipinski definition) is 2. The monoisotopic (exact) mass is 223 g/mol. The summed E-state index contributed by atoms with van der Waals surface area (Å²) in [6, 6.07) is 1.64. The van der Waals surface area contributed by atoms with Crippen molar-refractivity contribution < 1.29 is 9.90 Å². The van der Waals surface area contributed by atoms with E-state index < -0.39 is 12.0 Å². The molecule has 1 fully saturated rings. The first-order valence-electron chi connectivity index (χ1n) is 5.46. The first-order valence-corrected chi connectivity index (χ1v) is 5.46. The van der Waals surface area contributed by atoms with Gasteiger partial charge in [0.1, 0.15) is 6.04 Å². The van der Waals surface area contributed by atoms with Gasteiger partial charge in [-0.25, -0.2) is 4.79 Å². The standard InChI is InChI=1S/C11H17N3O2/c1-13-5-4-9(7-13)14-8(6-12)2-3-10(14)11(15)16/h4-5,7-8,10H,2-3,6,12H2,1H3,(H,15,16)/t8-,10-/m1/s1. The molecule has 1 aliphatic rings. The van der Waals surface area contributed by atoms with Crippen LogP contribution >= 0.6 is 0 Å². The number of aliphatic carboxylic acids is 1. The highest BCUT2D eigenvalue weighted by molar-refractivity contribution is 5.79. The van der Waals surface area contributed by atoms with E-state index in [9.17, 15) is 9.90 Å². The largest absolute Gasteiger partial charge is 0.480 e. The molecule has 0 unspecified atom stereocenters. The highest BCUT2D eigenvalue weighted by atomic mass is 16.4. The Hall–Kier alpha value is -1.49. The zero-order valence-electron chi connectivity index (χ0n) is 9.34.